The van der Waals surface area contributed by atoms with Crippen molar-refractivity contribution in [2.75, 3.05) is 12.4 Å². The van der Waals surface area contributed by atoms with Crippen molar-refractivity contribution in [3.05, 3.63) is 70.8 Å². The maximum Gasteiger partial charge on any atom is 0.275 e. The number of nitrogens with one attached hydrogen (secondary N) is 1. The number of hydrogen-bond acceptors (Lipinski definition) is 6. The number of ether oxygens (including phenoxy) is 2. The minimum Gasteiger partial charge on any atom is -0.497 e. The third-order valence-electron chi connectivity index (χ3n) is 6.52. The van der Waals surface area contributed by atoms with E-state index in [-0.39, 0.29) is 22.2 Å². The van der Waals surface area contributed by atoms with Gasteiger partial charge in [-0.3, -0.25) is 9.59 Å². The Kier molecular flexibility index (Phi) is 5.86. The van der Waals surface area contributed by atoms with Gasteiger partial charge in [-0.1, -0.05) is 31.5 Å². The average molecular weight is 522 g/mol. The van der Waals surface area contributed by atoms with E-state index in [9.17, 15) is 18.0 Å². The smallest absolute Gasteiger partial charge is 0.275 e. The van der Waals surface area contributed by atoms with Gasteiger partial charge in [0.05, 0.1) is 17.7 Å². The molecular formula is C27H27N3O6S. The van der Waals surface area contributed by atoms with Crippen LogP contribution in [-0.4, -0.2) is 36.1 Å². The number of anilines is 1. The summed E-state index contributed by atoms with van der Waals surface area (Å²) in [5, 5.41) is 3.32. The molecule has 5 rings (SSSR count). The van der Waals surface area contributed by atoms with Gasteiger partial charge in [-0.05, 0) is 37.1 Å². The van der Waals surface area contributed by atoms with Crippen molar-refractivity contribution in [1.29, 1.82) is 0 Å². The monoisotopic (exact) mass is 521 g/mol. The van der Waals surface area contributed by atoms with Crippen LogP contribution in [0.5, 0.6) is 11.5 Å². The van der Waals surface area contributed by atoms with Crippen LogP contribution in [0.3, 0.4) is 0 Å². The van der Waals surface area contributed by atoms with E-state index in [0.29, 0.717) is 33.7 Å². The average Bonchev–Trinajstić information content (AvgIpc) is 3.31. The molecule has 2 aromatic heterocycles. The summed E-state index contributed by atoms with van der Waals surface area (Å²) in [4.78, 5) is 26.0. The lowest BCUT2D eigenvalue weighted by Crippen LogP contribution is -2.40. The molecule has 0 fully saturated rings. The molecule has 0 saturated carbocycles. The number of amides is 1. The van der Waals surface area contributed by atoms with E-state index < -0.39 is 21.7 Å². The molecule has 0 spiro atoms. The van der Waals surface area contributed by atoms with Crippen LogP contribution in [0.25, 0.3) is 22.0 Å². The molecule has 1 N–H and O–H groups in total. The summed E-state index contributed by atoms with van der Waals surface area (Å²) in [5.74, 6) is 0.536. The predicted molar refractivity (Wildman–Crippen MR) is 141 cm³/mol. The van der Waals surface area contributed by atoms with E-state index in [2.05, 4.69) is 5.32 Å². The number of pyridine rings is 1. The number of rotatable bonds is 5. The summed E-state index contributed by atoms with van der Waals surface area (Å²) in [6, 6.07) is 11.5. The standard InChI is InChI=1S/C27H27N3O6S/c1-15(2)24-26(31)28-22-13-17(35-5)12-20(25(22)36-24)21-14-29(4)27(32)23-19(21)10-11-30(23)37(33,34)18-8-6-16(3)7-9-18/h6-15,24H,1-5H3,(H,28,31). The zero-order chi connectivity index (χ0) is 26.6. The van der Waals surface area contributed by atoms with Crippen LogP contribution in [0.15, 0.2) is 64.5 Å². The molecule has 0 aliphatic carbocycles. The topological polar surface area (TPSA) is 109 Å². The van der Waals surface area contributed by atoms with Gasteiger partial charge in [-0.2, -0.15) is 0 Å². The maximum absolute atomic E-state index is 13.5. The Morgan fingerprint density at radius 2 is 1.76 bits per heavy atom. The Morgan fingerprint density at radius 1 is 1.05 bits per heavy atom. The summed E-state index contributed by atoms with van der Waals surface area (Å²) in [6.45, 7) is 5.64. The Bertz CT molecular complexity index is 1720. The second-order valence-corrected chi connectivity index (χ2v) is 11.3. The summed E-state index contributed by atoms with van der Waals surface area (Å²) < 4.78 is 41.1. The van der Waals surface area contributed by atoms with E-state index >= 15 is 0 Å². The van der Waals surface area contributed by atoms with Gasteiger partial charge in [0.2, 0.25) is 0 Å². The number of carbonyl (C=O) groups is 1. The maximum atomic E-state index is 13.5. The highest BCUT2D eigenvalue weighted by Gasteiger charge is 2.33. The largest absolute Gasteiger partial charge is 0.497 e. The molecule has 1 amide bonds. The highest BCUT2D eigenvalue weighted by Crippen LogP contribution is 2.45. The molecule has 0 bridgehead atoms. The van der Waals surface area contributed by atoms with Crippen LogP contribution in [0.1, 0.15) is 19.4 Å². The van der Waals surface area contributed by atoms with Crippen LogP contribution < -0.4 is 20.3 Å². The fraction of sp³-hybridized carbons (Fsp3) is 0.259. The Balaban J connectivity index is 1.79. The van der Waals surface area contributed by atoms with Crippen molar-refractivity contribution in [3.63, 3.8) is 0 Å². The normalized spacial score (nSPS) is 15.4. The van der Waals surface area contributed by atoms with Crippen LogP contribution in [0, 0.1) is 12.8 Å². The molecule has 1 atom stereocenters. The van der Waals surface area contributed by atoms with Crippen LogP contribution in [-0.2, 0) is 21.9 Å². The molecule has 0 radical (unpaired) electrons. The molecule has 0 saturated heterocycles. The van der Waals surface area contributed by atoms with E-state index in [4.69, 9.17) is 9.47 Å². The quantitative estimate of drug-likeness (QED) is 0.427. The first kappa shape index (κ1) is 24.6. The van der Waals surface area contributed by atoms with Crippen molar-refractivity contribution in [3.8, 4) is 22.6 Å². The summed E-state index contributed by atoms with van der Waals surface area (Å²) in [7, 11) is -0.973. The first-order chi connectivity index (χ1) is 17.5. The third kappa shape index (κ3) is 3.97. The van der Waals surface area contributed by atoms with Gasteiger partial charge in [0.15, 0.2) is 11.9 Å². The fourth-order valence-electron chi connectivity index (χ4n) is 4.53. The zero-order valence-electron chi connectivity index (χ0n) is 21.1. The molecule has 9 nitrogen and oxygen atoms in total. The lowest BCUT2D eigenvalue weighted by molar-refractivity contribution is -0.125. The van der Waals surface area contributed by atoms with Crippen LogP contribution in [0.4, 0.5) is 5.69 Å². The number of aryl methyl sites for hydroxylation is 2. The summed E-state index contributed by atoms with van der Waals surface area (Å²) in [6.07, 6.45) is 2.30. The van der Waals surface area contributed by atoms with Crippen molar-refractivity contribution in [1.82, 2.24) is 8.54 Å². The first-order valence-corrected chi connectivity index (χ1v) is 13.2. The van der Waals surface area contributed by atoms with Gasteiger partial charge in [0, 0.05) is 42.0 Å². The zero-order valence-corrected chi connectivity index (χ0v) is 21.9. The molecular weight excluding hydrogens is 494 g/mol. The van der Waals surface area contributed by atoms with Crippen molar-refractivity contribution >= 4 is 32.5 Å². The number of methoxy groups -OCH3 is 1. The lowest BCUT2D eigenvalue weighted by Gasteiger charge is -2.30. The number of nitrogens with zero attached hydrogens (tertiary/aromatic N) is 2. The molecule has 37 heavy (non-hydrogen) atoms. The second kappa shape index (κ2) is 8.81. The van der Waals surface area contributed by atoms with E-state index in [1.54, 1.807) is 43.6 Å². The van der Waals surface area contributed by atoms with E-state index in [0.717, 1.165) is 9.54 Å². The lowest BCUT2D eigenvalue weighted by atomic mass is 9.98. The molecule has 2 aromatic carbocycles. The van der Waals surface area contributed by atoms with Gasteiger partial charge < -0.3 is 19.4 Å². The highest BCUT2D eigenvalue weighted by atomic mass is 32.2. The Hall–Kier alpha value is -4.05. The van der Waals surface area contributed by atoms with Gasteiger partial charge in [-0.15, -0.1) is 0 Å². The number of benzene rings is 2. The number of hydrogen-bond donors (Lipinski definition) is 1. The molecule has 1 unspecified atom stereocenters. The van der Waals surface area contributed by atoms with Crippen molar-refractivity contribution < 1.29 is 22.7 Å². The van der Waals surface area contributed by atoms with Gasteiger partial charge in [-0.25, -0.2) is 12.4 Å². The number of carbonyl (C=O) groups excluding carboxylic acids is 1. The molecule has 10 heteroatoms. The predicted octanol–water partition coefficient (Wildman–Crippen LogP) is 3.92. The summed E-state index contributed by atoms with van der Waals surface area (Å²) >= 11 is 0. The van der Waals surface area contributed by atoms with Crippen molar-refractivity contribution in [2.24, 2.45) is 13.0 Å². The van der Waals surface area contributed by atoms with Crippen LogP contribution in [0.2, 0.25) is 0 Å². The van der Waals surface area contributed by atoms with Crippen LogP contribution >= 0.6 is 0 Å². The second-order valence-electron chi connectivity index (χ2n) is 9.47. The molecule has 1 aliphatic rings. The fourth-order valence-corrected chi connectivity index (χ4v) is 5.88. The van der Waals surface area contributed by atoms with Gasteiger partial charge >= 0.3 is 0 Å². The molecule has 192 valence electrons. The number of fused-ring (bicyclic) bond motifs is 2. The minimum atomic E-state index is -4.04. The Labute approximate surface area is 214 Å². The minimum absolute atomic E-state index is 0.0115. The molecule has 1 aliphatic heterocycles. The van der Waals surface area contributed by atoms with Crippen molar-refractivity contribution in [2.45, 2.75) is 31.8 Å². The molecule has 3 heterocycles. The Morgan fingerprint density at radius 3 is 2.41 bits per heavy atom. The van der Waals surface area contributed by atoms with E-state index in [1.165, 1.54) is 30.0 Å². The van der Waals surface area contributed by atoms with Gasteiger partial charge in [0.25, 0.3) is 21.5 Å². The highest BCUT2D eigenvalue weighted by molar-refractivity contribution is 7.90. The van der Waals surface area contributed by atoms with Gasteiger partial charge in [0.1, 0.15) is 11.3 Å². The van der Waals surface area contributed by atoms with E-state index in [1.807, 2.05) is 20.8 Å². The summed E-state index contributed by atoms with van der Waals surface area (Å²) in [5.41, 5.74) is 2.02. The molecule has 4 aromatic rings. The first-order valence-electron chi connectivity index (χ1n) is 11.8. The SMILES string of the molecule is COc1cc2c(c(-c3cn(C)c(=O)c4c3ccn4S(=O)(=O)c3ccc(C)cc3)c1)OC(C(C)C)C(=O)N2. The number of aromatic nitrogens is 2. The third-order valence-corrected chi connectivity index (χ3v) is 8.21.